The van der Waals surface area contributed by atoms with Gasteiger partial charge in [0.15, 0.2) is 5.78 Å². The Hall–Kier alpha value is -0.900. The Morgan fingerprint density at radius 2 is 1.92 bits per heavy atom. The largest absolute Gasteiger partial charge is 0.345 e. The number of Topliss-reactive ketones (excluding diaryl/α,β-unsaturated/α-hetero) is 1. The van der Waals surface area contributed by atoms with Gasteiger partial charge in [0, 0.05) is 0 Å². The molecule has 3 N–H and O–H groups in total. The van der Waals surface area contributed by atoms with Crippen molar-refractivity contribution in [2.45, 2.75) is 33.2 Å². The molecule has 1 amide bonds. The van der Waals surface area contributed by atoms with E-state index in [1.165, 1.54) is 6.92 Å². The molecule has 0 aromatic carbocycles. The first-order chi connectivity index (χ1) is 5.97. The van der Waals surface area contributed by atoms with Crippen molar-refractivity contribution in [2.75, 3.05) is 6.54 Å². The summed E-state index contributed by atoms with van der Waals surface area (Å²) in [6.07, 6.45) is 0.668. The van der Waals surface area contributed by atoms with E-state index >= 15 is 0 Å². The zero-order chi connectivity index (χ0) is 10.4. The third kappa shape index (κ3) is 5.36. The van der Waals surface area contributed by atoms with E-state index in [1.54, 1.807) is 0 Å². The number of carbonyl (C=O) groups is 2. The van der Waals surface area contributed by atoms with E-state index in [0.717, 1.165) is 0 Å². The summed E-state index contributed by atoms with van der Waals surface area (Å²) in [5.74, 6) is 0.0864. The van der Waals surface area contributed by atoms with Crippen LogP contribution in [-0.2, 0) is 9.59 Å². The first-order valence-electron chi connectivity index (χ1n) is 4.47. The molecule has 0 aromatic rings. The van der Waals surface area contributed by atoms with Gasteiger partial charge in [0.05, 0.1) is 12.6 Å². The highest BCUT2D eigenvalue weighted by Crippen LogP contribution is 2.05. The molecule has 0 unspecified atom stereocenters. The number of hydrogen-bond donors (Lipinski definition) is 2. The third-order valence-electron chi connectivity index (χ3n) is 1.72. The predicted octanol–water partition coefficient (Wildman–Crippen LogP) is 0.0650. The van der Waals surface area contributed by atoms with E-state index in [-0.39, 0.29) is 24.3 Å². The van der Waals surface area contributed by atoms with Gasteiger partial charge in [-0.1, -0.05) is 13.8 Å². The van der Waals surface area contributed by atoms with Crippen LogP contribution in [0.4, 0.5) is 0 Å². The van der Waals surface area contributed by atoms with Gasteiger partial charge in [0.2, 0.25) is 5.91 Å². The molecule has 13 heavy (non-hydrogen) atoms. The first-order valence-corrected chi connectivity index (χ1v) is 4.47. The minimum absolute atomic E-state index is 0.0181. The fourth-order valence-corrected chi connectivity index (χ4v) is 1.05. The maximum Gasteiger partial charge on any atom is 0.234 e. The second-order valence-corrected chi connectivity index (χ2v) is 3.56. The molecule has 0 spiro atoms. The zero-order valence-corrected chi connectivity index (χ0v) is 8.46. The number of amides is 1. The second kappa shape index (κ2) is 5.70. The maximum atomic E-state index is 11.1. The number of ketones is 1. The lowest BCUT2D eigenvalue weighted by Crippen LogP contribution is -2.43. The van der Waals surface area contributed by atoms with Crippen molar-refractivity contribution in [3.05, 3.63) is 0 Å². The predicted molar refractivity (Wildman–Crippen MR) is 51.1 cm³/mol. The molecule has 0 heterocycles. The SMILES string of the molecule is CC(=O)[C@@H](CC(C)C)NC(=O)CN. The van der Waals surface area contributed by atoms with Gasteiger partial charge < -0.3 is 11.1 Å². The van der Waals surface area contributed by atoms with Crippen molar-refractivity contribution < 1.29 is 9.59 Å². The van der Waals surface area contributed by atoms with Crippen molar-refractivity contribution in [1.82, 2.24) is 5.32 Å². The lowest BCUT2D eigenvalue weighted by Gasteiger charge is -2.17. The summed E-state index contributed by atoms with van der Waals surface area (Å²) in [6.45, 7) is 5.42. The van der Waals surface area contributed by atoms with Crippen molar-refractivity contribution in [2.24, 2.45) is 11.7 Å². The van der Waals surface area contributed by atoms with Crippen LogP contribution in [0.25, 0.3) is 0 Å². The number of nitrogens with two attached hydrogens (primary N) is 1. The maximum absolute atomic E-state index is 11.1. The van der Waals surface area contributed by atoms with Crippen LogP contribution in [0, 0.1) is 5.92 Å². The Kier molecular flexibility index (Phi) is 5.30. The molecule has 0 aliphatic rings. The van der Waals surface area contributed by atoms with Gasteiger partial charge in [-0.25, -0.2) is 0 Å². The van der Waals surface area contributed by atoms with Crippen LogP contribution < -0.4 is 11.1 Å². The summed E-state index contributed by atoms with van der Waals surface area (Å²) < 4.78 is 0. The Morgan fingerprint density at radius 3 is 2.23 bits per heavy atom. The fourth-order valence-electron chi connectivity index (χ4n) is 1.05. The number of carbonyl (C=O) groups excluding carboxylic acids is 2. The molecule has 0 aliphatic heterocycles. The van der Waals surface area contributed by atoms with Crippen molar-refractivity contribution in [3.8, 4) is 0 Å². The Labute approximate surface area is 78.9 Å². The average molecular weight is 186 g/mol. The number of rotatable bonds is 5. The summed E-state index contributed by atoms with van der Waals surface area (Å²) in [4.78, 5) is 22.0. The molecule has 0 aromatic heterocycles. The first kappa shape index (κ1) is 12.1. The smallest absolute Gasteiger partial charge is 0.234 e. The van der Waals surface area contributed by atoms with Gasteiger partial charge in [-0.3, -0.25) is 9.59 Å². The topological polar surface area (TPSA) is 72.2 Å². The van der Waals surface area contributed by atoms with Crippen molar-refractivity contribution in [3.63, 3.8) is 0 Å². The number of hydrogen-bond acceptors (Lipinski definition) is 3. The summed E-state index contributed by atoms with van der Waals surface area (Å²) in [7, 11) is 0. The van der Waals surface area contributed by atoms with Crippen molar-refractivity contribution >= 4 is 11.7 Å². The standard InChI is InChI=1S/C9H18N2O2/c1-6(2)4-8(7(3)12)11-9(13)5-10/h6,8H,4-5,10H2,1-3H3,(H,11,13)/t8-/m1/s1. The summed E-state index contributed by atoms with van der Waals surface area (Å²) >= 11 is 0. The molecule has 0 rings (SSSR count). The summed E-state index contributed by atoms with van der Waals surface area (Å²) in [5, 5.41) is 2.58. The molecule has 0 saturated heterocycles. The quantitative estimate of drug-likeness (QED) is 0.638. The minimum atomic E-state index is -0.379. The van der Waals surface area contributed by atoms with Crippen LogP contribution >= 0.6 is 0 Å². The molecule has 4 nitrogen and oxygen atoms in total. The van der Waals surface area contributed by atoms with Gasteiger partial charge >= 0.3 is 0 Å². The summed E-state index contributed by atoms with van der Waals surface area (Å²) in [6, 6.07) is -0.379. The Morgan fingerprint density at radius 1 is 1.38 bits per heavy atom. The number of nitrogens with one attached hydrogen (secondary N) is 1. The van der Waals surface area contributed by atoms with Crippen LogP contribution in [0.3, 0.4) is 0 Å². The molecule has 0 bridgehead atoms. The normalized spacial score (nSPS) is 12.7. The van der Waals surface area contributed by atoms with Crippen LogP contribution in [0.1, 0.15) is 27.2 Å². The van der Waals surface area contributed by atoms with Gasteiger partial charge in [0.1, 0.15) is 0 Å². The molecular formula is C9H18N2O2. The van der Waals surface area contributed by atoms with E-state index in [4.69, 9.17) is 5.73 Å². The van der Waals surface area contributed by atoms with Gasteiger partial charge in [-0.05, 0) is 19.3 Å². The summed E-state index contributed by atoms with van der Waals surface area (Å²) in [5.41, 5.74) is 5.13. The lowest BCUT2D eigenvalue weighted by molar-refractivity contribution is -0.126. The van der Waals surface area contributed by atoms with E-state index in [2.05, 4.69) is 5.32 Å². The highest BCUT2D eigenvalue weighted by atomic mass is 16.2. The molecule has 4 heteroatoms. The van der Waals surface area contributed by atoms with E-state index in [9.17, 15) is 9.59 Å². The fraction of sp³-hybridized carbons (Fsp3) is 0.778. The zero-order valence-electron chi connectivity index (χ0n) is 8.46. The molecule has 76 valence electrons. The highest BCUT2D eigenvalue weighted by molar-refractivity contribution is 5.88. The van der Waals surface area contributed by atoms with Gasteiger partial charge in [0.25, 0.3) is 0 Å². The van der Waals surface area contributed by atoms with Crippen LogP contribution in [-0.4, -0.2) is 24.3 Å². The van der Waals surface area contributed by atoms with Crippen LogP contribution in [0.15, 0.2) is 0 Å². The van der Waals surface area contributed by atoms with Crippen molar-refractivity contribution in [1.29, 1.82) is 0 Å². The molecule has 1 atom stereocenters. The minimum Gasteiger partial charge on any atom is -0.345 e. The highest BCUT2D eigenvalue weighted by Gasteiger charge is 2.17. The Balaban J connectivity index is 4.10. The van der Waals surface area contributed by atoms with Gasteiger partial charge in [-0.15, -0.1) is 0 Å². The van der Waals surface area contributed by atoms with E-state index in [0.29, 0.717) is 12.3 Å². The molecule has 0 saturated carbocycles. The lowest BCUT2D eigenvalue weighted by atomic mass is 10.0. The Bertz CT molecular complexity index is 190. The van der Waals surface area contributed by atoms with Crippen LogP contribution in [0.5, 0.6) is 0 Å². The monoisotopic (exact) mass is 186 g/mol. The molecule has 0 aliphatic carbocycles. The molecule has 0 radical (unpaired) electrons. The van der Waals surface area contributed by atoms with Gasteiger partial charge in [-0.2, -0.15) is 0 Å². The molecule has 0 fully saturated rings. The second-order valence-electron chi connectivity index (χ2n) is 3.56. The average Bonchev–Trinajstić information content (AvgIpc) is 2.02. The van der Waals surface area contributed by atoms with Crippen LogP contribution in [0.2, 0.25) is 0 Å². The van der Waals surface area contributed by atoms with E-state index in [1.807, 2.05) is 13.8 Å². The molecular weight excluding hydrogens is 168 g/mol. The third-order valence-corrected chi connectivity index (χ3v) is 1.72. The van der Waals surface area contributed by atoms with E-state index < -0.39 is 0 Å².